The van der Waals surface area contributed by atoms with Gasteiger partial charge in [-0.15, -0.1) is 24.0 Å². The Morgan fingerprint density at radius 3 is 2.88 bits per heavy atom. The third-order valence-electron chi connectivity index (χ3n) is 3.28. The molecule has 5 heteroatoms. The Morgan fingerprint density at radius 1 is 1.56 bits per heavy atom. The molecule has 0 aromatic rings. The zero-order valence-electron chi connectivity index (χ0n) is 10.2. The molecule has 0 aromatic carbocycles. The van der Waals surface area contributed by atoms with Gasteiger partial charge in [0.25, 0.3) is 0 Å². The smallest absolute Gasteiger partial charge is 0.191 e. The molecule has 0 aromatic heterocycles. The third kappa shape index (κ3) is 4.08. The third-order valence-corrected chi connectivity index (χ3v) is 3.28. The number of nitrogens with zero attached hydrogens (tertiary/aromatic N) is 2. The summed E-state index contributed by atoms with van der Waals surface area (Å²) in [7, 11) is 2.22. The van der Waals surface area contributed by atoms with Crippen molar-refractivity contribution in [2.45, 2.75) is 38.3 Å². The van der Waals surface area contributed by atoms with Crippen LogP contribution < -0.4 is 10.6 Å². The quantitative estimate of drug-likeness (QED) is 0.752. The van der Waals surface area contributed by atoms with Crippen molar-refractivity contribution < 1.29 is 0 Å². The standard InChI is InChI=1S/C11H22N4.HI/c1-9(15(2)10-4-5-10)8-14-11-12-6-3-7-13-11;/h9-10H,3-8H2,1-2H3,(H2,12,13,14);1H. The first-order valence-corrected chi connectivity index (χ1v) is 6.01. The number of likely N-dealkylation sites (N-methyl/N-ethyl adjacent to an activating group) is 1. The molecule has 1 heterocycles. The molecule has 1 unspecified atom stereocenters. The Kier molecular flexibility index (Phi) is 5.82. The summed E-state index contributed by atoms with van der Waals surface area (Å²) in [6, 6.07) is 1.42. The Labute approximate surface area is 115 Å². The van der Waals surface area contributed by atoms with E-state index in [-0.39, 0.29) is 24.0 Å². The highest BCUT2D eigenvalue weighted by molar-refractivity contribution is 14.0. The topological polar surface area (TPSA) is 39.7 Å². The van der Waals surface area contributed by atoms with Gasteiger partial charge in [-0.3, -0.25) is 9.89 Å². The Bertz CT molecular complexity index is 240. The number of hydrogen-bond acceptors (Lipinski definition) is 4. The first kappa shape index (κ1) is 14.0. The second-order valence-electron chi connectivity index (χ2n) is 4.64. The van der Waals surface area contributed by atoms with Gasteiger partial charge in [0.05, 0.1) is 0 Å². The lowest BCUT2D eigenvalue weighted by molar-refractivity contribution is 0.247. The largest absolute Gasteiger partial charge is 0.356 e. The van der Waals surface area contributed by atoms with Crippen molar-refractivity contribution in [2.24, 2.45) is 4.99 Å². The minimum Gasteiger partial charge on any atom is -0.356 e. The predicted molar refractivity (Wildman–Crippen MR) is 78.6 cm³/mol. The molecule has 0 amide bonds. The summed E-state index contributed by atoms with van der Waals surface area (Å²) in [4.78, 5) is 6.87. The molecule has 1 aliphatic heterocycles. The normalized spacial score (nSPS) is 21.8. The van der Waals surface area contributed by atoms with E-state index in [1.54, 1.807) is 0 Å². The van der Waals surface area contributed by atoms with Crippen molar-refractivity contribution >= 4 is 29.9 Å². The average Bonchev–Trinajstić information content (AvgIpc) is 3.10. The number of halogens is 1. The molecule has 1 saturated carbocycles. The van der Waals surface area contributed by atoms with Gasteiger partial charge in [0.1, 0.15) is 0 Å². The SMILES string of the molecule is CC(CNC1=NCCCN1)N(C)C1CC1.I. The first-order valence-electron chi connectivity index (χ1n) is 6.01. The lowest BCUT2D eigenvalue weighted by atomic mass is 10.3. The maximum atomic E-state index is 4.40. The van der Waals surface area contributed by atoms with Crippen LogP contribution in [0.4, 0.5) is 0 Å². The Morgan fingerprint density at radius 2 is 2.31 bits per heavy atom. The van der Waals surface area contributed by atoms with E-state index < -0.39 is 0 Å². The summed E-state index contributed by atoms with van der Waals surface area (Å²) >= 11 is 0. The van der Waals surface area contributed by atoms with Crippen LogP contribution in [0.5, 0.6) is 0 Å². The Balaban J connectivity index is 0.00000128. The molecular formula is C11H23IN4. The summed E-state index contributed by atoms with van der Waals surface area (Å²) in [5.74, 6) is 0.984. The van der Waals surface area contributed by atoms with E-state index in [2.05, 4.69) is 34.5 Å². The van der Waals surface area contributed by atoms with Gasteiger partial charge in [0, 0.05) is 31.7 Å². The number of hydrogen-bond donors (Lipinski definition) is 2. The van der Waals surface area contributed by atoms with Gasteiger partial charge in [-0.05, 0) is 33.2 Å². The van der Waals surface area contributed by atoms with Crippen LogP contribution in [-0.2, 0) is 0 Å². The van der Waals surface area contributed by atoms with E-state index in [9.17, 15) is 0 Å². The van der Waals surface area contributed by atoms with Crippen LogP contribution in [0.2, 0.25) is 0 Å². The molecule has 1 atom stereocenters. The minimum atomic E-state index is 0. The van der Waals surface area contributed by atoms with Crippen LogP contribution in [0.1, 0.15) is 26.2 Å². The number of nitrogens with one attached hydrogen (secondary N) is 2. The van der Waals surface area contributed by atoms with Crippen LogP contribution in [0.3, 0.4) is 0 Å². The van der Waals surface area contributed by atoms with Crippen molar-refractivity contribution in [3.8, 4) is 0 Å². The van der Waals surface area contributed by atoms with E-state index in [0.29, 0.717) is 6.04 Å². The van der Waals surface area contributed by atoms with Crippen molar-refractivity contribution in [1.82, 2.24) is 15.5 Å². The van der Waals surface area contributed by atoms with Gasteiger partial charge in [0.15, 0.2) is 5.96 Å². The summed E-state index contributed by atoms with van der Waals surface area (Å²) in [5, 5.41) is 6.66. The first-order chi connectivity index (χ1) is 7.27. The molecule has 1 aliphatic carbocycles. The molecule has 0 spiro atoms. The zero-order chi connectivity index (χ0) is 10.7. The Hall–Kier alpha value is -0.0400. The molecule has 0 saturated heterocycles. The molecular weight excluding hydrogens is 315 g/mol. The molecule has 2 rings (SSSR count). The molecule has 4 nitrogen and oxygen atoms in total. The predicted octanol–water partition coefficient (Wildman–Crippen LogP) is 1.03. The van der Waals surface area contributed by atoms with Gasteiger partial charge in [-0.2, -0.15) is 0 Å². The molecule has 16 heavy (non-hydrogen) atoms. The molecule has 2 aliphatic rings. The van der Waals surface area contributed by atoms with E-state index in [4.69, 9.17) is 0 Å². The number of rotatable bonds is 4. The van der Waals surface area contributed by atoms with E-state index in [1.807, 2.05) is 0 Å². The number of guanidine groups is 1. The van der Waals surface area contributed by atoms with Crippen LogP contribution >= 0.6 is 24.0 Å². The maximum Gasteiger partial charge on any atom is 0.191 e. The maximum absolute atomic E-state index is 4.40. The van der Waals surface area contributed by atoms with E-state index in [1.165, 1.54) is 12.8 Å². The summed E-state index contributed by atoms with van der Waals surface area (Å²) < 4.78 is 0. The van der Waals surface area contributed by atoms with Gasteiger partial charge >= 0.3 is 0 Å². The zero-order valence-corrected chi connectivity index (χ0v) is 12.5. The molecule has 94 valence electrons. The lowest BCUT2D eigenvalue weighted by Crippen LogP contribution is -2.46. The lowest BCUT2D eigenvalue weighted by Gasteiger charge is -2.26. The summed E-state index contributed by atoms with van der Waals surface area (Å²) in [5.41, 5.74) is 0. The van der Waals surface area contributed by atoms with Crippen molar-refractivity contribution in [1.29, 1.82) is 0 Å². The molecule has 0 radical (unpaired) electrons. The highest BCUT2D eigenvalue weighted by Crippen LogP contribution is 2.26. The average molecular weight is 338 g/mol. The molecule has 0 bridgehead atoms. The van der Waals surface area contributed by atoms with Crippen LogP contribution in [0, 0.1) is 0 Å². The van der Waals surface area contributed by atoms with Gasteiger partial charge < -0.3 is 10.6 Å². The van der Waals surface area contributed by atoms with Gasteiger partial charge in [-0.25, -0.2) is 0 Å². The van der Waals surface area contributed by atoms with Crippen LogP contribution in [0.25, 0.3) is 0 Å². The van der Waals surface area contributed by atoms with Gasteiger partial charge in [0.2, 0.25) is 0 Å². The van der Waals surface area contributed by atoms with Crippen molar-refractivity contribution in [3.05, 3.63) is 0 Å². The number of aliphatic imine (C=N–C) groups is 1. The highest BCUT2D eigenvalue weighted by atomic mass is 127. The monoisotopic (exact) mass is 338 g/mol. The van der Waals surface area contributed by atoms with Crippen LogP contribution in [-0.4, -0.2) is 49.6 Å². The second kappa shape index (κ2) is 6.64. The molecule has 1 fully saturated rings. The summed E-state index contributed by atoms with van der Waals surface area (Å²) in [6.07, 6.45) is 3.91. The molecule has 2 N–H and O–H groups in total. The van der Waals surface area contributed by atoms with Crippen molar-refractivity contribution in [3.63, 3.8) is 0 Å². The van der Waals surface area contributed by atoms with E-state index in [0.717, 1.165) is 38.1 Å². The van der Waals surface area contributed by atoms with Gasteiger partial charge in [-0.1, -0.05) is 0 Å². The van der Waals surface area contributed by atoms with Crippen LogP contribution in [0.15, 0.2) is 4.99 Å². The second-order valence-corrected chi connectivity index (χ2v) is 4.64. The fourth-order valence-corrected chi connectivity index (χ4v) is 1.88. The van der Waals surface area contributed by atoms with Crippen molar-refractivity contribution in [2.75, 3.05) is 26.7 Å². The van der Waals surface area contributed by atoms with E-state index >= 15 is 0 Å². The fourth-order valence-electron chi connectivity index (χ4n) is 1.88. The fraction of sp³-hybridized carbons (Fsp3) is 0.909. The minimum absolute atomic E-state index is 0. The highest BCUT2D eigenvalue weighted by Gasteiger charge is 2.28. The summed E-state index contributed by atoms with van der Waals surface area (Å²) in [6.45, 7) is 5.27.